The van der Waals surface area contributed by atoms with Gasteiger partial charge < -0.3 is 48.9 Å². The van der Waals surface area contributed by atoms with Crippen molar-refractivity contribution in [3.8, 4) is 34.1 Å². The first-order valence-electron chi connectivity index (χ1n) is 11.9. The van der Waals surface area contributed by atoms with Gasteiger partial charge in [0.15, 0.2) is 29.1 Å². The number of carboxylic acids is 1. The van der Waals surface area contributed by atoms with E-state index >= 15 is 0 Å². The van der Waals surface area contributed by atoms with E-state index in [0.717, 1.165) is 11.1 Å². The molecule has 1 fully saturated rings. The van der Waals surface area contributed by atoms with Crippen LogP contribution < -0.4 is 23.7 Å². The van der Waals surface area contributed by atoms with Gasteiger partial charge in [-0.2, -0.15) is 8.42 Å². The zero-order valence-electron chi connectivity index (χ0n) is 20.7. The minimum Gasteiger partial charge on any atom is -0.493 e. The number of hydrogen-bond acceptors (Lipinski definition) is 12. The van der Waals surface area contributed by atoms with Crippen LogP contribution in [0, 0.1) is 0 Å². The number of benzene rings is 2. The van der Waals surface area contributed by atoms with E-state index in [1.807, 2.05) is 0 Å². The molecule has 0 unspecified atom stereocenters. The molecule has 0 bridgehead atoms. The van der Waals surface area contributed by atoms with Gasteiger partial charge in [-0.1, -0.05) is 0 Å². The van der Waals surface area contributed by atoms with Crippen molar-refractivity contribution < 1.29 is 61.3 Å². The Labute approximate surface area is 222 Å². The van der Waals surface area contributed by atoms with Crippen LogP contribution in [0.4, 0.5) is 0 Å². The summed E-state index contributed by atoms with van der Waals surface area (Å²) in [6, 6.07) is 4.42. The van der Waals surface area contributed by atoms with Crippen LogP contribution in [0.25, 0.3) is 11.1 Å². The number of fused-ring (bicyclic) bond motifs is 2. The maximum atomic E-state index is 11.6. The summed E-state index contributed by atoms with van der Waals surface area (Å²) >= 11 is 0. The van der Waals surface area contributed by atoms with E-state index in [9.17, 15) is 38.2 Å². The highest BCUT2D eigenvalue weighted by Gasteiger charge is 2.49. The Bertz CT molecular complexity index is 1410. The molecule has 0 amide bonds. The SMILES string of the molecule is COc1cc2c(cc1OS(=O)(=O)O)C[C@@H]1NCCc3cc(OC)c(O[C@H]4O[C@@H](C(=O)O)[C@@H](O)[C@@H](O)[C@H]4O)c-2c31. The molecule has 0 spiro atoms. The minimum atomic E-state index is -4.85. The zero-order valence-corrected chi connectivity index (χ0v) is 21.5. The Hall–Kier alpha value is -3.18. The second-order valence-electron chi connectivity index (χ2n) is 9.34. The van der Waals surface area contributed by atoms with Crippen LogP contribution in [0.5, 0.6) is 23.0 Å². The Morgan fingerprint density at radius 2 is 1.69 bits per heavy atom. The molecule has 15 heteroatoms. The molecule has 212 valence electrons. The molecule has 0 saturated carbocycles. The predicted octanol–water partition coefficient (Wildman–Crippen LogP) is -0.434. The summed E-state index contributed by atoms with van der Waals surface area (Å²) in [4.78, 5) is 11.6. The highest BCUT2D eigenvalue weighted by molar-refractivity contribution is 7.81. The van der Waals surface area contributed by atoms with E-state index < -0.39 is 47.1 Å². The van der Waals surface area contributed by atoms with Crippen molar-refractivity contribution in [2.24, 2.45) is 0 Å². The number of nitrogens with one attached hydrogen (secondary N) is 1. The summed E-state index contributed by atoms with van der Waals surface area (Å²) in [5.74, 6) is -1.55. The average molecular weight is 570 g/mol. The van der Waals surface area contributed by atoms with Gasteiger partial charge >= 0.3 is 16.4 Å². The molecular formula is C24H27NO13S. The molecule has 6 N–H and O–H groups in total. The molecule has 0 aromatic heterocycles. The fourth-order valence-electron chi connectivity index (χ4n) is 5.33. The van der Waals surface area contributed by atoms with Crippen molar-refractivity contribution >= 4 is 16.4 Å². The molecule has 14 nitrogen and oxygen atoms in total. The molecule has 1 saturated heterocycles. The van der Waals surface area contributed by atoms with Crippen LogP contribution in [0.2, 0.25) is 0 Å². The molecule has 3 aliphatic rings. The number of aliphatic hydroxyl groups is 3. The first kappa shape index (κ1) is 27.4. The Morgan fingerprint density at radius 3 is 2.33 bits per heavy atom. The van der Waals surface area contributed by atoms with Crippen molar-refractivity contribution in [1.29, 1.82) is 0 Å². The molecule has 2 heterocycles. The number of carboxylic acid groups (broad SMARTS) is 1. The van der Waals surface area contributed by atoms with Gasteiger partial charge in [-0.05, 0) is 59.8 Å². The summed E-state index contributed by atoms with van der Waals surface area (Å²) in [5.41, 5.74) is 3.36. The first-order valence-corrected chi connectivity index (χ1v) is 13.2. The van der Waals surface area contributed by atoms with Crippen LogP contribution in [0.1, 0.15) is 22.7 Å². The predicted molar refractivity (Wildman–Crippen MR) is 130 cm³/mol. The average Bonchev–Trinajstić information content (AvgIpc) is 2.88. The van der Waals surface area contributed by atoms with Gasteiger partial charge in [-0.15, -0.1) is 0 Å². The molecule has 39 heavy (non-hydrogen) atoms. The van der Waals surface area contributed by atoms with Crippen molar-refractivity contribution in [3.05, 3.63) is 34.9 Å². The van der Waals surface area contributed by atoms with Gasteiger partial charge in [0, 0.05) is 11.6 Å². The van der Waals surface area contributed by atoms with Crippen molar-refractivity contribution in [2.45, 2.75) is 49.6 Å². The highest BCUT2D eigenvalue weighted by atomic mass is 32.3. The fourth-order valence-corrected chi connectivity index (χ4v) is 5.69. The number of rotatable bonds is 7. The third kappa shape index (κ3) is 4.86. The van der Waals surface area contributed by atoms with Crippen LogP contribution in [0.15, 0.2) is 18.2 Å². The second-order valence-corrected chi connectivity index (χ2v) is 10.4. The van der Waals surface area contributed by atoms with Crippen LogP contribution >= 0.6 is 0 Å². The largest absolute Gasteiger partial charge is 0.493 e. The normalized spacial score (nSPS) is 27.6. The number of ether oxygens (including phenoxy) is 4. The molecule has 2 aromatic rings. The van der Waals surface area contributed by atoms with E-state index in [0.29, 0.717) is 36.1 Å². The molecule has 1 aliphatic carbocycles. The summed E-state index contributed by atoms with van der Waals surface area (Å²) in [5, 5.41) is 43.8. The standard InChI is InChI=1S/C24H27NO13S/c1-34-13-8-11-10(7-14(13)38-39(31,32)33)5-12-16-9(3-4-25-12)6-15(35-2)21(17(11)16)36-24-20(28)18(26)19(27)22(37-24)23(29)30/h6-8,12,18-20,22,24-28H,3-5H2,1-2H3,(H,29,30)(H,31,32,33)/t12-,18+,19-,20+,22+,24-/m0/s1. The lowest BCUT2D eigenvalue weighted by molar-refractivity contribution is -0.271. The van der Waals surface area contributed by atoms with Crippen LogP contribution in [0.3, 0.4) is 0 Å². The quantitative estimate of drug-likeness (QED) is 0.234. The summed E-state index contributed by atoms with van der Waals surface area (Å²) < 4.78 is 59.1. The van der Waals surface area contributed by atoms with Gasteiger partial charge in [-0.3, -0.25) is 4.55 Å². The van der Waals surface area contributed by atoms with Crippen LogP contribution in [-0.4, -0.2) is 90.8 Å². The molecule has 6 atom stereocenters. The van der Waals surface area contributed by atoms with E-state index in [-0.39, 0.29) is 29.0 Å². The van der Waals surface area contributed by atoms with E-state index in [1.54, 1.807) is 6.07 Å². The molecule has 5 rings (SSSR count). The highest BCUT2D eigenvalue weighted by Crippen LogP contribution is 2.53. The summed E-state index contributed by atoms with van der Waals surface area (Å²) in [7, 11) is -2.17. The molecular weight excluding hydrogens is 542 g/mol. The maximum absolute atomic E-state index is 11.6. The van der Waals surface area contributed by atoms with Gasteiger partial charge in [0.25, 0.3) is 0 Å². The molecule has 2 aliphatic heterocycles. The van der Waals surface area contributed by atoms with E-state index in [2.05, 4.69) is 5.32 Å². The maximum Gasteiger partial charge on any atom is 0.446 e. The Morgan fingerprint density at radius 1 is 1.00 bits per heavy atom. The third-order valence-electron chi connectivity index (χ3n) is 7.05. The lowest BCUT2D eigenvalue weighted by atomic mass is 9.77. The van der Waals surface area contributed by atoms with E-state index in [4.69, 9.17) is 23.1 Å². The Balaban J connectivity index is 1.69. The number of hydrogen-bond donors (Lipinski definition) is 6. The van der Waals surface area contributed by atoms with E-state index in [1.165, 1.54) is 26.4 Å². The second kappa shape index (κ2) is 10.1. The smallest absolute Gasteiger partial charge is 0.446 e. The van der Waals surface area contributed by atoms with Gasteiger partial charge in [-0.25, -0.2) is 4.79 Å². The van der Waals surface area contributed by atoms with Crippen molar-refractivity contribution in [3.63, 3.8) is 0 Å². The van der Waals surface area contributed by atoms with Gasteiger partial charge in [0.05, 0.1) is 14.2 Å². The third-order valence-corrected chi connectivity index (χ3v) is 7.44. The zero-order chi connectivity index (χ0) is 28.2. The lowest BCUT2D eigenvalue weighted by Crippen LogP contribution is -2.61. The Kier molecular flexibility index (Phi) is 7.09. The number of aliphatic carboxylic acids is 1. The van der Waals surface area contributed by atoms with Crippen molar-refractivity contribution in [1.82, 2.24) is 5.32 Å². The monoisotopic (exact) mass is 569 g/mol. The van der Waals surface area contributed by atoms with Gasteiger partial charge in [0.2, 0.25) is 6.29 Å². The minimum absolute atomic E-state index is 0.0189. The lowest BCUT2D eigenvalue weighted by Gasteiger charge is -2.40. The number of carbonyl (C=O) groups is 1. The number of aliphatic hydroxyl groups excluding tert-OH is 3. The van der Waals surface area contributed by atoms with Crippen LogP contribution in [-0.2, 0) is 32.8 Å². The number of methoxy groups -OCH3 is 2. The molecule has 2 aromatic carbocycles. The summed E-state index contributed by atoms with van der Waals surface area (Å²) in [6.45, 7) is 0.634. The van der Waals surface area contributed by atoms with Crippen molar-refractivity contribution in [2.75, 3.05) is 20.8 Å². The first-order chi connectivity index (χ1) is 18.4. The molecule has 0 radical (unpaired) electrons. The summed E-state index contributed by atoms with van der Waals surface area (Å²) in [6.07, 6.45) is -8.15. The topological polar surface area (TPSA) is 211 Å². The van der Waals surface area contributed by atoms with Gasteiger partial charge in [0.1, 0.15) is 18.3 Å². The fraction of sp³-hybridized carbons (Fsp3) is 0.458.